The van der Waals surface area contributed by atoms with E-state index in [0.29, 0.717) is 23.7 Å². The van der Waals surface area contributed by atoms with Crippen molar-refractivity contribution in [2.75, 3.05) is 7.05 Å². The van der Waals surface area contributed by atoms with E-state index in [1.54, 1.807) is 12.1 Å². The van der Waals surface area contributed by atoms with E-state index >= 15 is 0 Å². The molecular weight excluding hydrogens is 257 g/mol. The average Bonchev–Trinajstić information content (AvgIpc) is 2.83. The summed E-state index contributed by atoms with van der Waals surface area (Å²) in [7, 11) is 1.92. The lowest BCUT2D eigenvalue weighted by atomic mass is 9.85. The van der Waals surface area contributed by atoms with Crippen molar-refractivity contribution in [2.24, 2.45) is 5.41 Å². The SMILES string of the molecule is CNC(Cc1nc(-c2cccc(F)c2)no1)C(C)(C)C. The minimum absolute atomic E-state index is 0.0856. The monoisotopic (exact) mass is 277 g/mol. The summed E-state index contributed by atoms with van der Waals surface area (Å²) in [5.41, 5.74) is 0.708. The number of nitrogens with one attached hydrogen (secondary N) is 1. The number of likely N-dealkylation sites (N-methyl/N-ethyl adjacent to an activating group) is 1. The standard InChI is InChI=1S/C15H20FN3O/c1-15(2,3)12(17-4)9-13-18-14(19-20-13)10-6-5-7-11(16)8-10/h5-8,12,17H,9H2,1-4H3. The van der Waals surface area contributed by atoms with Gasteiger partial charge in [0.2, 0.25) is 11.7 Å². The van der Waals surface area contributed by atoms with Crippen molar-refractivity contribution in [3.05, 3.63) is 36.0 Å². The van der Waals surface area contributed by atoms with Gasteiger partial charge in [-0.15, -0.1) is 0 Å². The summed E-state index contributed by atoms with van der Waals surface area (Å²) in [6.45, 7) is 6.45. The molecule has 0 bridgehead atoms. The summed E-state index contributed by atoms with van der Waals surface area (Å²) >= 11 is 0. The van der Waals surface area contributed by atoms with E-state index in [9.17, 15) is 4.39 Å². The fourth-order valence-electron chi connectivity index (χ4n) is 2.10. The summed E-state index contributed by atoms with van der Waals surface area (Å²) in [6.07, 6.45) is 0.641. The Bertz CT molecular complexity index is 574. The van der Waals surface area contributed by atoms with Gasteiger partial charge in [-0.3, -0.25) is 0 Å². The predicted molar refractivity (Wildman–Crippen MR) is 75.7 cm³/mol. The second-order valence-electron chi connectivity index (χ2n) is 5.93. The molecule has 0 saturated heterocycles. The lowest BCUT2D eigenvalue weighted by Crippen LogP contribution is -2.39. The lowest BCUT2D eigenvalue weighted by molar-refractivity contribution is 0.255. The van der Waals surface area contributed by atoms with Crippen LogP contribution in [0.4, 0.5) is 4.39 Å². The molecule has 108 valence electrons. The largest absolute Gasteiger partial charge is 0.339 e. The second kappa shape index (κ2) is 5.71. The van der Waals surface area contributed by atoms with Gasteiger partial charge in [0.05, 0.1) is 0 Å². The van der Waals surface area contributed by atoms with Crippen LogP contribution in [0.2, 0.25) is 0 Å². The van der Waals surface area contributed by atoms with Crippen molar-refractivity contribution >= 4 is 0 Å². The van der Waals surface area contributed by atoms with Gasteiger partial charge in [-0.25, -0.2) is 4.39 Å². The van der Waals surface area contributed by atoms with E-state index in [0.717, 1.165) is 0 Å². The topological polar surface area (TPSA) is 51.0 Å². The molecule has 2 aromatic rings. The van der Waals surface area contributed by atoms with Crippen LogP contribution in [0.3, 0.4) is 0 Å². The van der Waals surface area contributed by atoms with Gasteiger partial charge in [0.25, 0.3) is 0 Å². The van der Waals surface area contributed by atoms with Gasteiger partial charge < -0.3 is 9.84 Å². The van der Waals surface area contributed by atoms with Crippen LogP contribution in [0, 0.1) is 11.2 Å². The first-order valence-corrected chi connectivity index (χ1v) is 6.66. The van der Waals surface area contributed by atoms with Gasteiger partial charge in [-0.05, 0) is 24.6 Å². The number of benzene rings is 1. The van der Waals surface area contributed by atoms with Crippen molar-refractivity contribution in [3.63, 3.8) is 0 Å². The fourth-order valence-corrected chi connectivity index (χ4v) is 2.10. The normalized spacial score (nSPS) is 13.4. The van der Waals surface area contributed by atoms with Crippen molar-refractivity contribution in [1.29, 1.82) is 0 Å². The van der Waals surface area contributed by atoms with Crippen molar-refractivity contribution < 1.29 is 8.91 Å². The predicted octanol–water partition coefficient (Wildman–Crippen LogP) is 3.05. The Kier molecular flexibility index (Phi) is 4.18. The third-order valence-corrected chi connectivity index (χ3v) is 3.32. The van der Waals surface area contributed by atoms with E-state index in [4.69, 9.17) is 4.52 Å². The smallest absolute Gasteiger partial charge is 0.228 e. The quantitative estimate of drug-likeness (QED) is 0.933. The van der Waals surface area contributed by atoms with Crippen LogP contribution in [-0.4, -0.2) is 23.2 Å². The molecule has 1 aromatic heterocycles. The number of halogens is 1. The molecule has 0 aliphatic carbocycles. The molecule has 0 amide bonds. The molecule has 0 saturated carbocycles. The fraction of sp³-hybridized carbons (Fsp3) is 0.467. The van der Waals surface area contributed by atoms with Crippen LogP contribution in [0.25, 0.3) is 11.4 Å². The van der Waals surface area contributed by atoms with E-state index in [1.165, 1.54) is 12.1 Å². The van der Waals surface area contributed by atoms with Gasteiger partial charge >= 0.3 is 0 Å². The third kappa shape index (κ3) is 3.42. The first kappa shape index (κ1) is 14.7. The van der Waals surface area contributed by atoms with Gasteiger partial charge in [-0.2, -0.15) is 4.98 Å². The Morgan fingerprint density at radius 1 is 1.35 bits per heavy atom. The Balaban J connectivity index is 2.17. The maximum absolute atomic E-state index is 13.2. The number of nitrogens with zero attached hydrogens (tertiary/aromatic N) is 2. The molecule has 0 radical (unpaired) electrons. The van der Waals surface area contributed by atoms with E-state index < -0.39 is 0 Å². The average molecular weight is 277 g/mol. The Morgan fingerprint density at radius 3 is 2.70 bits per heavy atom. The van der Waals surface area contributed by atoms with Crippen LogP contribution >= 0.6 is 0 Å². The van der Waals surface area contributed by atoms with E-state index in [-0.39, 0.29) is 17.3 Å². The third-order valence-electron chi connectivity index (χ3n) is 3.32. The Morgan fingerprint density at radius 2 is 2.10 bits per heavy atom. The summed E-state index contributed by atoms with van der Waals surface area (Å²) in [6, 6.07) is 6.40. The Hall–Kier alpha value is -1.75. The minimum Gasteiger partial charge on any atom is -0.339 e. The minimum atomic E-state index is -0.309. The maximum atomic E-state index is 13.2. The van der Waals surface area contributed by atoms with Gasteiger partial charge in [0.1, 0.15) is 5.82 Å². The zero-order valence-corrected chi connectivity index (χ0v) is 12.3. The van der Waals surface area contributed by atoms with E-state index in [2.05, 4.69) is 36.2 Å². The first-order valence-electron chi connectivity index (χ1n) is 6.66. The highest BCUT2D eigenvalue weighted by Gasteiger charge is 2.25. The highest BCUT2D eigenvalue weighted by atomic mass is 19.1. The van der Waals surface area contributed by atoms with Crippen LogP contribution < -0.4 is 5.32 Å². The highest BCUT2D eigenvalue weighted by Crippen LogP contribution is 2.23. The van der Waals surface area contributed by atoms with Crippen LogP contribution in [0.1, 0.15) is 26.7 Å². The van der Waals surface area contributed by atoms with Crippen LogP contribution in [0.15, 0.2) is 28.8 Å². The van der Waals surface area contributed by atoms with Crippen molar-refractivity contribution in [3.8, 4) is 11.4 Å². The molecule has 4 nitrogen and oxygen atoms in total. The maximum Gasteiger partial charge on any atom is 0.228 e. The molecule has 1 heterocycles. The molecule has 5 heteroatoms. The molecule has 1 atom stereocenters. The number of aromatic nitrogens is 2. The molecular formula is C15H20FN3O. The van der Waals surface area contributed by atoms with Gasteiger partial charge in [0.15, 0.2) is 0 Å². The van der Waals surface area contributed by atoms with Crippen LogP contribution in [-0.2, 0) is 6.42 Å². The Labute approximate surface area is 118 Å². The highest BCUT2D eigenvalue weighted by molar-refractivity contribution is 5.53. The number of hydrogen-bond acceptors (Lipinski definition) is 4. The van der Waals surface area contributed by atoms with Gasteiger partial charge in [0, 0.05) is 18.0 Å². The van der Waals surface area contributed by atoms with Crippen molar-refractivity contribution in [1.82, 2.24) is 15.5 Å². The lowest BCUT2D eigenvalue weighted by Gasteiger charge is -2.29. The molecule has 2 rings (SSSR count). The zero-order valence-electron chi connectivity index (χ0n) is 12.3. The second-order valence-corrected chi connectivity index (χ2v) is 5.93. The number of rotatable bonds is 4. The molecule has 1 unspecified atom stereocenters. The van der Waals surface area contributed by atoms with Gasteiger partial charge in [-0.1, -0.05) is 38.1 Å². The summed E-state index contributed by atoms with van der Waals surface area (Å²) in [4.78, 5) is 4.34. The molecule has 0 spiro atoms. The number of hydrogen-bond donors (Lipinski definition) is 1. The molecule has 1 aromatic carbocycles. The molecule has 0 fully saturated rings. The zero-order chi connectivity index (χ0) is 14.8. The summed E-state index contributed by atoms with van der Waals surface area (Å²) in [5, 5.41) is 7.18. The van der Waals surface area contributed by atoms with Crippen LogP contribution in [0.5, 0.6) is 0 Å². The summed E-state index contributed by atoms with van der Waals surface area (Å²) in [5.74, 6) is 0.665. The van der Waals surface area contributed by atoms with Crippen molar-refractivity contribution in [2.45, 2.75) is 33.2 Å². The van der Waals surface area contributed by atoms with E-state index in [1.807, 2.05) is 7.05 Å². The molecule has 0 aliphatic rings. The molecule has 20 heavy (non-hydrogen) atoms. The molecule has 1 N–H and O–H groups in total. The summed E-state index contributed by atoms with van der Waals surface area (Å²) < 4.78 is 18.4. The molecule has 0 aliphatic heterocycles. The first-order chi connectivity index (χ1) is 9.40.